The van der Waals surface area contributed by atoms with Crippen LogP contribution in [0, 0.1) is 5.92 Å². The third-order valence-corrected chi connectivity index (χ3v) is 4.90. The molecule has 1 spiro atoms. The molecule has 1 heterocycles. The van der Waals surface area contributed by atoms with Crippen LogP contribution in [0.2, 0.25) is 0 Å². The summed E-state index contributed by atoms with van der Waals surface area (Å²) in [4.78, 5) is 1.34. The van der Waals surface area contributed by atoms with E-state index in [1.807, 2.05) is 23.9 Å². The zero-order valence-electron chi connectivity index (χ0n) is 8.57. The molecule has 1 fully saturated rings. The van der Waals surface area contributed by atoms with Gasteiger partial charge in [-0.1, -0.05) is 0 Å². The fraction of sp³-hybridized carbons (Fsp3) is 0.500. The number of benzene rings is 1. The number of rotatable bonds is 1. The van der Waals surface area contributed by atoms with E-state index in [9.17, 15) is 5.11 Å². The Bertz CT molecular complexity index is 407. The summed E-state index contributed by atoms with van der Waals surface area (Å²) in [6, 6.07) is 5.77. The zero-order valence-corrected chi connectivity index (χ0v) is 9.39. The van der Waals surface area contributed by atoms with Gasteiger partial charge in [-0.3, -0.25) is 0 Å². The van der Waals surface area contributed by atoms with Crippen LogP contribution in [0.3, 0.4) is 0 Å². The van der Waals surface area contributed by atoms with Crippen molar-refractivity contribution >= 4 is 11.8 Å². The Kier molecular flexibility index (Phi) is 2.01. The molecule has 0 amide bonds. The molecular weight excluding hydrogens is 206 g/mol. The predicted molar refractivity (Wildman–Crippen MR) is 62.3 cm³/mol. The molecule has 1 aliphatic carbocycles. The molecule has 0 radical (unpaired) electrons. The minimum atomic E-state index is 0.314. The fourth-order valence-corrected chi connectivity index (χ4v) is 4.10. The number of fused-ring (bicyclic) bond motifs is 2. The van der Waals surface area contributed by atoms with Crippen LogP contribution in [-0.4, -0.2) is 17.4 Å². The van der Waals surface area contributed by atoms with Crippen molar-refractivity contribution < 1.29 is 5.11 Å². The summed E-state index contributed by atoms with van der Waals surface area (Å²) in [5, 5.41) is 9.57. The van der Waals surface area contributed by atoms with Gasteiger partial charge in [0.05, 0.1) is 0 Å². The largest absolute Gasteiger partial charge is 0.508 e. The molecule has 3 rings (SSSR count). The van der Waals surface area contributed by atoms with Crippen molar-refractivity contribution in [2.75, 3.05) is 12.3 Å². The lowest BCUT2D eigenvalue weighted by molar-refractivity contribution is 0.470. The first-order valence-electron chi connectivity index (χ1n) is 5.42. The molecule has 3 N–H and O–H groups in total. The lowest BCUT2D eigenvalue weighted by Crippen LogP contribution is -2.20. The van der Waals surface area contributed by atoms with Crippen molar-refractivity contribution in [3.05, 3.63) is 23.8 Å². The second kappa shape index (κ2) is 3.16. The van der Waals surface area contributed by atoms with Crippen LogP contribution in [-0.2, 0) is 5.41 Å². The van der Waals surface area contributed by atoms with Crippen LogP contribution in [0.15, 0.2) is 23.1 Å². The Labute approximate surface area is 93.9 Å². The first kappa shape index (κ1) is 9.55. The van der Waals surface area contributed by atoms with Gasteiger partial charge in [-0.2, -0.15) is 0 Å². The fourth-order valence-electron chi connectivity index (χ4n) is 2.84. The minimum absolute atomic E-state index is 0.314. The summed E-state index contributed by atoms with van der Waals surface area (Å²) in [7, 11) is 0. The van der Waals surface area contributed by atoms with Crippen molar-refractivity contribution in [2.45, 2.75) is 23.2 Å². The number of phenols is 1. The number of hydrogen-bond acceptors (Lipinski definition) is 3. The molecule has 3 heteroatoms. The first-order valence-corrected chi connectivity index (χ1v) is 6.41. The Balaban J connectivity index is 2.07. The highest BCUT2D eigenvalue weighted by Gasteiger charge is 2.55. The van der Waals surface area contributed by atoms with Crippen molar-refractivity contribution in [1.29, 1.82) is 0 Å². The molecule has 1 aromatic rings. The maximum Gasteiger partial charge on any atom is 0.115 e. The molecule has 2 aliphatic rings. The minimum Gasteiger partial charge on any atom is -0.508 e. The van der Waals surface area contributed by atoms with Crippen molar-refractivity contribution in [3.63, 3.8) is 0 Å². The summed E-state index contributed by atoms with van der Waals surface area (Å²) >= 11 is 1.90. The molecule has 0 aromatic heterocycles. The average Bonchev–Trinajstić information content (AvgIpc) is 2.94. The van der Waals surface area contributed by atoms with Gasteiger partial charge in [-0.15, -0.1) is 11.8 Å². The van der Waals surface area contributed by atoms with Crippen LogP contribution >= 0.6 is 11.8 Å². The van der Waals surface area contributed by atoms with E-state index in [-0.39, 0.29) is 0 Å². The van der Waals surface area contributed by atoms with Gasteiger partial charge in [-0.25, -0.2) is 0 Å². The van der Waals surface area contributed by atoms with E-state index >= 15 is 0 Å². The molecular formula is C12H15NOS. The Morgan fingerprint density at radius 2 is 2.40 bits per heavy atom. The second-order valence-electron chi connectivity index (χ2n) is 4.57. The lowest BCUT2D eigenvalue weighted by atomic mass is 9.89. The van der Waals surface area contributed by atoms with Crippen LogP contribution in [0.4, 0.5) is 0 Å². The Hall–Kier alpha value is -0.670. The van der Waals surface area contributed by atoms with Gasteiger partial charge in [-0.05, 0) is 54.8 Å². The van der Waals surface area contributed by atoms with E-state index < -0.39 is 0 Å². The number of aromatic hydroxyl groups is 1. The maximum atomic E-state index is 9.57. The zero-order chi connectivity index (χ0) is 10.5. The molecule has 2 unspecified atom stereocenters. The number of phenolic OH excluding ortho intramolecular Hbond substituents is 1. The molecule has 0 bridgehead atoms. The molecule has 1 aromatic carbocycles. The Morgan fingerprint density at radius 3 is 3.13 bits per heavy atom. The quantitative estimate of drug-likeness (QED) is 0.763. The van der Waals surface area contributed by atoms with E-state index in [1.165, 1.54) is 29.1 Å². The van der Waals surface area contributed by atoms with Crippen molar-refractivity contribution in [2.24, 2.45) is 11.7 Å². The summed E-state index contributed by atoms with van der Waals surface area (Å²) in [6.45, 7) is 0.778. The van der Waals surface area contributed by atoms with E-state index in [1.54, 1.807) is 6.07 Å². The van der Waals surface area contributed by atoms with Crippen LogP contribution in [0.25, 0.3) is 0 Å². The second-order valence-corrected chi connectivity index (χ2v) is 5.71. The molecule has 1 saturated carbocycles. The Morgan fingerprint density at radius 1 is 1.53 bits per heavy atom. The van der Waals surface area contributed by atoms with Crippen LogP contribution < -0.4 is 5.73 Å². The van der Waals surface area contributed by atoms with Crippen LogP contribution in [0.5, 0.6) is 5.75 Å². The van der Waals surface area contributed by atoms with Crippen molar-refractivity contribution in [3.8, 4) is 5.75 Å². The van der Waals surface area contributed by atoms with Gasteiger partial charge in [0.2, 0.25) is 0 Å². The van der Waals surface area contributed by atoms with Crippen molar-refractivity contribution in [1.82, 2.24) is 0 Å². The molecule has 0 saturated heterocycles. The highest BCUT2D eigenvalue weighted by Crippen LogP contribution is 2.61. The SMILES string of the molecule is NCC1CC12CCSc1ccc(O)cc12. The third kappa shape index (κ3) is 1.30. The van der Waals surface area contributed by atoms with E-state index in [4.69, 9.17) is 5.73 Å². The molecule has 15 heavy (non-hydrogen) atoms. The monoisotopic (exact) mass is 221 g/mol. The average molecular weight is 221 g/mol. The van der Waals surface area contributed by atoms with Gasteiger partial charge in [0, 0.05) is 10.3 Å². The summed E-state index contributed by atoms with van der Waals surface area (Å²) < 4.78 is 0. The van der Waals surface area contributed by atoms with Gasteiger partial charge >= 0.3 is 0 Å². The smallest absolute Gasteiger partial charge is 0.115 e. The number of hydrogen-bond donors (Lipinski definition) is 2. The molecule has 80 valence electrons. The topological polar surface area (TPSA) is 46.2 Å². The van der Waals surface area contributed by atoms with Gasteiger partial charge in [0.15, 0.2) is 0 Å². The first-order chi connectivity index (χ1) is 7.26. The summed E-state index contributed by atoms with van der Waals surface area (Å²) in [6.07, 6.45) is 2.43. The highest BCUT2D eigenvalue weighted by atomic mass is 32.2. The molecule has 2 nitrogen and oxygen atoms in total. The maximum absolute atomic E-state index is 9.57. The van der Waals surface area contributed by atoms with Gasteiger partial charge in [0.25, 0.3) is 0 Å². The van der Waals surface area contributed by atoms with E-state index in [0.29, 0.717) is 17.1 Å². The lowest BCUT2D eigenvalue weighted by Gasteiger charge is -2.26. The van der Waals surface area contributed by atoms with E-state index in [0.717, 1.165) is 6.54 Å². The summed E-state index contributed by atoms with van der Waals surface area (Å²) in [5.74, 6) is 2.21. The highest BCUT2D eigenvalue weighted by molar-refractivity contribution is 7.99. The molecule has 2 atom stereocenters. The predicted octanol–water partition coefficient (Wildman–Crippen LogP) is 2.10. The van der Waals surface area contributed by atoms with Crippen LogP contribution in [0.1, 0.15) is 18.4 Å². The molecule has 1 aliphatic heterocycles. The van der Waals surface area contributed by atoms with Gasteiger partial charge in [0.1, 0.15) is 5.75 Å². The van der Waals surface area contributed by atoms with Gasteiger partial charge < -0.3 is 10.8 Å². The third-order valence-electron chi connectivity index (χ3n) is 3.82. The summed E-state index contributed by atoms with van der Waals surface area (Å²) in [5.41, 5.74) is 7.42. The number of nitrogens with two attached hydrogens (primary N) is 1. The standard InChI is InChI=1S/C12H15NOS/c13-7-8-6-12(8)3-4-15-11-2-1-9(14)5-10(11)12/h1-2,5,8,14H,3-4,6-7,13H2. The normalized spacial score (nSPS) is 32.7. The van der Waals surface area contributed by atoms with E-state index in [2.05, 4.69) is 0 Å². The number of thioether (sulfide) groups is 1.